The molecule has 226 valence electrons. The molecule has 49 heavy (non-hydrogen) atoms. The van der Waals surface area contributed by atoms with Gasteiger partial charge in [-0.1, -0.05) is 158 Å². The molecular formula is C49H30. The van der Waals surface area contributed by atoms with E-state index in [4.69, 9.17) is 0 Å². The molecule has 9 aromatic rings. The zero-order chi connectivity index (χ0) is 32.1. The van der Waals surface area contributed by atoms with Crippen LogP contribution in [-0.4, -0.2) is 0 Å². The average molecular weight is 619 g/mol. The lowest BCUT2D eigenvalue weighted by Crippen LogP contribution is -2.26. The Morgan fingerprint density at radius 3 is 1.33 bits per heavy atom. The van der Waals surface area contributed by atoms with Crippen molar-refractivity contribution in [2.75, 3.05) is 0 Å². The zero-order valence-electron chi connectivity index (χ0n) is 26.8. The third kappa shape index (κ3) is 3.64. The fraction of sp³-hybridized carbons (Fsp3) is 0.0204. The highest BCUT2D eigenvalue weighted by Gasteiger charge is 2.52. The summed E-state index contributed by atoms with van der Waals surface area (Å²) in [6.07, 6.45) is 0. The van der Waals surface area contributed by atoms with Gasteiger partial charge in [-0.05, 0) is 123 Å². The van der Waals surface area contributed by atoms with Crippen LogP contribution < -0.4 is 0 Å². The van der Waals surface area contributed by atoms with Crippen molar-refractivity contribution in [2.24, 2.45) is 0 Å². The second-order valence-electron chi connectivity index (χ2n) is 13.6. The van der Waals surface area contributed by atoms with Gasteiger partial charge in [0.15, 0.2) is 0 Å². The summed E-state index contributed by atoms with van der Waals surface area (Å²) in [6, 6.07) is 68.2. The Kier molecular flexibility index (Phi) is 5.41. The fourth-order valence-electron chi connectivity index (χ4n) is 9.07. The first-order valence-corrected chi connectivity index (χ1v) is 17.2. The van der Waals surface area contributed by atoms with Gasteiger partial charge < -0.3 is 0 Å². The van der Waals surface area contributed by atoms with Gasteiger partial charge in [0.05, 0.1) is 5.41 Å². The van der Waals surface area contributed by atoms with Crippen LogP contribution in [0.1, 0.15) is 22.3 Å². The zero-order valence-corrected chi connectivity index (χ0v) is 26.8. The molecule has 2 aliphatic carbocycles. The van der Waals surface area contributed by atoms with Crippen LogP contribution in [0.3, 0.4) is 0 Å². The first-order valence-electron chi connectivity index (χ1n) is 17.2. The van der Waals surface area contributed by atoms with Crippen molar-refractivity contribution < 1.29 is 0 Å². The fourth-order valence-corrected chi connectivity index (χ4v) is 9.07. The normalized spacial score (nSPS) is 13.5. The highest BCUT2D eigenvalue weighted by molar-refractivity contribution is 6.05. The Labute approximate surface area is 285 Å². The molecule has 1 spiro atoms. The number of hydrogen-bond donors (Lipinski definition) is 0. The summed E-state index contributed by atoms with van der Waals surface area (Å²) in [5.41, 5.74) is 15.4. The maximum Gasteiger partial charge on any atom is 0.0731 e. The number of rotatable bonds is 2. The smallest absolute Gasteiger partial charge is 0.0619 e. The van der Waals surface area contributed by atoms with Gasteiger partial charge in [-0.25, -0.2) is 0 Å². The van der Waals surface area contributed by atoms with Gasteiger partial charge in [-0.15, -0.1) is 0 Å². The lowest BCUT2D eigenvalue weighted by molar-refractivity contribution is 0.801. The molecule has 0 aromatic heterocycles. The first kappa shape index (κ1) is 26.8. The molecule has 0 atom stereocenters. The number of hydrogen-bond acceptors (Lipinski definition) is 0. The van der Waals surface area contributed by atoms with E-state index in [0.29, 0.717) is 0 Å². The van der Waals surface area contributed by atoms with Gasteiger partial charge in [0.1, 0.15) is 0 Å². The first-order chi connectivity index (χ1) is 24.3. The Bertz CT molecular complexity index is 2790. The van der Waals surface area contributed by atoms with Crippen LogP contribution in [0.2, 0.25) is 0 Å². The highest BCUT2D eigenvalue weighted by atomic mass is 14.5. The van der Waals surface area contributed by atoms with E-state index in [2.05, 4.69) is 182 Å². The Morgan fingerprint density at radius 2 is 0.694 bits per heavy atom. The maximum atomic E-state index is 2.49. The largest absolute Gasteiger partial charge is 0.0731 e. The molecule has 0 radical (unpaired) electrons. The highest BCUT2D eigenvalue weighted by Crippen LogP contribution is 2.64. The van der Waals surface area contributed by atoms with E-state index in [-0.39, 0.29) is 0 Å². The minimum atomic E-state index is -0.422. The summed E-state index contributed by atoms with van der Waals surface area (Å²) in [4.78, 5) is 0. The summed E-state index contributed by atoms with van der Waals surface area (Å²) in [7, 11) is 0. The second kappa shape index (κ2) is 9.89. The van der Waals surface area contributed by atoms with Crippen molar-refractivity contribution in [3.05, 3.63) is 204 Å². The van der Waals surface area contributed by atoms with Crippen molar-refractivity contribution in [1.29, 1.82) is 0 Å². The number of fused-ring (bicyclic) bond motifs is 14. The van der Waals surface area contributed by atoms with Crippen molar-refractivity contribution in [3.8, 4) is 44.5 Å². The predicted octanol–water partition coefficient (Wildman–Crippen LogP) is 12.8. The molecule has 0 saturated heterocycles. The molecular weight excluding hydrogens is 589 g/mol. The molecule has 9 aromatic carbocycles. The van der Waals surface area contributed by atoms with Crippen LogP contribution in [0.25, 0.3) is 76.8 Å². The summed E-state index contributed by atoms with van der Waals surface area (Å²) >= 11 is 0. The quantitative estimate of drug-likeness (QED) is 0.181. The van der Waals surface area contributed by atoms with Gasteiger partial charge in [-0.2, -0.15) is 0 Å². The molecule has 0 heteroatoms. The lowest BCUT2D eigenvalue weighted by Gasteiger charge is -2.31. The molecule has 0 unspecified atom stereocenters. The van der Waals surface area contributed by atoms with Gasteiger partial charge >= 0.3 is 0 Å². The average Bonchev–Trinajstić information content (AvgIpc) is 3.64. The van der Waals surface area contributed by atoms with E-state index in [0.717, 1.165) is 0 Å². The monoisotopic (exact) mass is 618 g/mol. The van der Waals surface area contributed by atoms with Gasteiger partial charge in [0, 0.05) is 0 Å². The molecule has 0 fully saturated rings. The Hall–Kier alpha value is -6.24. The van der Waals surface area contributed by atoms with Crippen molar-refractivity contribution >= 4 is 32.3 Å². The molecule has 0 bridgehead atoms. The van der Waals surface area contributed by atoms with Gasteiger partial charge in [0.2, 0.25) is 0 Å². The molecule has 0 amide bonds. The molecule has 0 heterocycles. The van der Waals surface area contributed by atoms with Gasteiger partial charge in [-0.3, -0.25) is 0 Å². The second-order valence-corrected chi connectivity index (χ2v) is 13.6. The standard InChI is InChI=1S/C49H30/c1-3-11-33-27-35(19-17-31(33)9-1)37-21-24-40-39(29-37)23-26-44-43-25-22-38(36-20-18-32-10-2-4-12-34(32)28-36)30-47(43)49(48(40)44)45-15-7-5-13-41(45)42-14-6-8-16-46(42)49/h1-30H. The molecule has 2 aliphatic rings. The van der Waals surface area contributed by atoms with Crippen LogP contribution in [0.4, 0.5) is 0 Å². The third-order valence-corrected chi connectivity index (χ3v) is 11.2. The van der Waals surface area contributed by atoms with E-state index in [1.807, 2.05) is 0 Å². The van der Waals surface area contributed by atoms with E-state index in [9.17, 15) is 0 Å². The van der Waals surface area contributed by atoms with E-state index < -0.39 is 5.41 Å². The van der Waals surface area contributed by atoms with Crippen molar-refractivity contribution in [1.82, 2.24) is 0 Å². The Balaban J connectivity index is 1.19. The van der Waals surface area contributed by atoms with Crippen LogP contribution in [0.5, 0.6) is 0 Å². The topological polar surface area (TPSA) is 0 Å². The third-order valence-electron chi connectivity index (χ3n) is 11.2. The van der Waals surface area contributed by atoms with Crippen LogP contribution >= 0.6 is 0 Å². The van der Waals surface area contributed by atoms with Gasteiger partial charge in [0.25, 0.3) is 0 Å². The number of benzene rings is 9. The summed E-state index contributed by atoms with van der Waals surface area (Å²) < 4.78 is 0. The van der Waals surface area contributed by atoms with Crippen LogP contribution in [-0.2, 0) is 5.41 Å². The molecule has 0 aliphatic heterocycles. The van der Waals surface area contributed by atoms with Crippen molar-refractivity contribution in [3.63, 3.8) is 0 Å². The summed E-state index contributed by atoms with van der Waals surface area (Å²) in [5, 5.41) is 7.66. The van der Waals surface area contributed by atoms with E-state index in [1.165, 1.54) is 99.1 Å². The van der Waals surface area contributed by atoms with Crippen molar-refractivity contribution in [2.45, 2.75) is 5.41 Å². The van der Waals surface area contributed by atoms with E-state index >= 15 is 0 Å². The molecule has 11 rings (SSSR count). The van der Waals surface area contributed by atoms with E-state index in [1.54, 1.807) is 0 Å². The molecule has 0 N–H and O–H groups in total. The molecule has 0 nitrogen and oxygen atoms in total. The van der Waals surface area contributed by atoms with Crippen LogP contribution in [0, 0.1) is 0 Å². The minimum absolute atomic E-state index is 0.422. The lowest BCUT2D eigenvalue weighted by atomic mass is 9.69. The molecule has 0 saturated carbocycles. The minimum Gasteiger partial charge on any atom is -0.0619 e. The SMILES string of the molecule is c1ccc2c(c1)-c1ccccc1C21c2cc(-c3ccc4ccccc4c3)ccc2-c2ccc3cc(-c4ccc5ccccc5c4)ccc3c21. The maximum absolute atomic E-state index is 2.49. The summed E-state index contributed by atoms with van der Waals surface area (Å²) in [6.45, 7) is 0. The van der Waals surface area contributed by atoms with Crippen LogP contribution in [0.15, 0.2) is 182 Å². The predicted molar refractivity (Wildman–Crippen MR) is 206 cm³/mol. The summed E-state index contributed by atoms with van der Waals surface area (Å²) in [5.74, 6) is 0. The Morgan fingerprint density at radius 1 is 0.265 bits per heavy atom.